The van der Waals surface area contributed by atoms with E-state index in [1.165, 1.54) is 6.07 Å². The molecule has 0 bridgehead atoms. The Morgan fingerprint density at radius 3 is 2.37 bits per heavy atom. The van der Waals surface area contributed by atoms with Crippen molar-refractivity contribution in [2.75, 3.05) is 6.54 Å². The van der Waals surface area contributed by atoms with Crippen molar-refractivity contribution in [2.45, 2.75) is 39.3 Å². The highest BCUT2D eigenvalue weighted by Gasteiger charge is 2.22. The Kier molecular flexibility index (Phi) is 5.00. The first-order chi connectivity index (χ1) is 8.70. The molecule has 106 valence electrons. The van der Waals surface area contributed by atoms with Crippen molar-refractivity contribution in [1.29, 1.82) is 0 Å². The predicted octanol–water partition coefficient (Wildman–Crippen LogP) is 3.04. The number of benzene rings is 1. The minimum atomic E-state index is -0.885. The number of aliphatic carboxylic acids is 1. The first-order valence-corrected chi connectivity index (χ1v) is 6.11. The number of hydrogen-bond acceptors (Lipinski definition) is 2. The van der Waals surface area contributed by atoms with E-state index in [9.17, 15) is 13.6 Å². The molecular weight excluding hydrogens is 252 g/mol. The fraction of sp³-hybridized carbons (Fsp3) is 0.500. The smallest absolute Gasteiger partial charge is 0.304 e. The summed E-state index contributed by atoms with van der Waals surface area (Å²) in [6.07, 6.45) is 0.0148. The van der Waals surface area contributed by atoms with Gasteiger partial charge in [0.05, 0.1) is 6.42 Å². The van der Waals surface area contributed by atoms with Crippen LogP contribution in [0.5, 0.6) is 0 Å². The second-order valence-electron chi connectivity index (χ2n) is 5.48. The maximum Gasteiger partial charge on any atom is 0.304 e. The van der Waals surface area contributed by atoms with Crippen LogP contribution in [-0.2, 0) is 11.3 Å². The first-order valence-electron chi connectivity index (χ1n) is 6.11. The third-order valence-electron chi connectivity index (χ3n) is 2.90. The van der Waals surface area contributed by atoms with Gasteiger partial charge in [0.15, 0.2) is 11.6 Å². The minimum Gasteiger partial charge on any atom is -0.481 e. The molecule has 0 fully saturated rings. The zero-order valence-corrected chi connectivity index (χ0v) is 11.4. The van der Waals surface area contributed by atoms with E-state index in [4.69, 9.17) is 5.11 Å². The number of carbonyl (C=O) groups is 1. The van der Waals surface area contributed by atoms with Crippen molar-refractivity contribution in [3.8, 4) is 0 Å². The van der Waals surface area contributed by atoms with Crippen molar-refractivity contribution in [1.82, 2.24) is 4.90 Å². The zero-order valence-electron chi connectivity index (χ0n) is 11.4. The molecule has 1 N–H and O–H groups in total. The topological polar surface area (TPSA) is 40.5 Å². The molecule has 1 rings (SSSR count). The summed E-state index contributed by atoms with van der Waals surface area (Å²) in [5.74, 6) is -2.64. The maximum atomic E-state index is 13.2. The number of nitrogens with zero attached hydrogens (tertiary/aromatic N) is 1. The van der Waals surface area contributed by atoms with E-state index in [0.29, 0.717) is 18.7 Å². The monoisotopic (exact) mass is 271 g/mol. The summed E-state index contributed by atoms with van der Waals surface area (Å²) in [6, 6.07) is 3.75. The summed E-state index contributed by atoms with van der Waals surface area (Å²) in [6.45, 7) is 6.60. The van der Waals surface area contributed by atoms with Crippen LogP contribution in [0.4, 0.5) is 8.78 Å². The molecule has 1 aromatic carbocycles. The highest BCUT2D eigenvalue weighted by atomic mass is 19.2. The van der Waals surface area contributed by atoms with Gasteiger partial charge in [-0.2, -0.15) is 0 Å². The van der Waals surface area contributed by atoms with Crippen LogP contribution in [0.25, 0.3) is 0 Å². The third kappa shape index (κ3) is 4.95. The second-order valence-corrected chi connectivity index (χ2v) is 5.48. The molecular formula is C14H19F2NO2. The van der Waals surface area contributed by atoms with Crippen LogP contribution in [0.3, 0.4) is 0 Å². The summed E-state index contributed by atoms with van der Waals surface area (Å²) in [5, 5.41) is 8.74. The molecule has 19 heavy (non-hydrogen) atoms. The lowest BCUT2D eigenvalue weighted by Crippen LogP contribution is -2.42. The van der Waals surface area contributed by atoms with Gasteiger partial charge in [0.1, 0.15) is 0 Å². The molecule has 0 spiro atoms. The molecule has 3 nitrogen and oxygen atoms in total. The Bertz CT molecular complexity index is 455. The molecule has 0 aliphatic heterocycles. The number of carboxylic acids is 1. The highest BCUT2D eigenvalue weighted by Crippen LogP contribution is 2.19. The molecule has 0 saturated heterocycles. The molecule has 0 saturated carbocycles. The predicted molar refractivity (Wildman–Crippen MR) is 68.8 cm³/mol. The van der Waals surface area contributed by atoms with Gasteiger partial charge in [0.25, 0.3) is 0 Å². The summed E-state index contributed by atoms with van der Waals surface area (Å²) in [5.41, 5.74) is 0.375. The van der Waals surface area contributed by atoms with Gasteiger partial charge < -0.3 is 5.11 Å². The lowest BCUT2D eigenvalue weighted by atomic mass is 10.0. The van der Waals surface area contributed by atoms with E-state index in [1.54, 1.807) is 0 Å². The fourth-order valence-electron chi connectivity index (χ4n) is 1.74. The van der Waals surface area contributed by atoms with E-state index in [2.05, 4.69) is 0 Å². The van der Waals surface area contributed by atoms with Crippen molar-refractivity contribution in [3.63, 3.8) is 0 Å². The minimum absolute atomic E-state index is 0.0148. The van der Waals surface area contributed by atoms with Crippen LogP contribution < -0.4 is 0 Å². The van der Waals surface area contributed by atoms with E-state index in [0.717, 1.165) is 12.1 Å². The largest absolute Gasteiger partial charge is 0.481 e. The van der Waals surface area contributed by atoms with Crippen LogP contribution in [-0.4, -0.2) is 28.1 Å². The molecule has 0 heterocycles. The molecule has 0 aliphatic rings. The summed E-state index contributed by atoms with van der Waals surface area (Å²) < 4.78 is 26.0. The third-order valence-corrected chi connectivity index (χ3v) is 2.90. The van der Waals surface area contributed by atoms with Crippen LogP contribution in [0.1, 0.15) is 32.8 Å². The van der Waals surface area contributed by atoms with Crippen LogP contribution >= 0.6 is 0 Å². The summed E-state index contributed by atoms with van der Waals surface area (Å²) in [4.78, 5) is 12.6. The van der Waals surface area contributed by atoms with Gasteiger partial charge in [-0.25, -0.2) is 8.78 Å². The Balaban J connectivity index is 2.81. The number of rotatable bonds is 5. The number of carboxylic acid groups (broad SMARTS) is 1. The Hall–Kier alpha value is -1.49. The van der Waals surface area contributed by atoms with Gasteiger partial charge in [-0.15, -0.1) is 0 Å². The van der Waals surface area contributed by atoms with Crippen LogP contribution in [0, 0.1) is 11.6 Å². The molecule has 0 aliphatic carbocycles. The van der Waals surface area contributed by atoms with Crippen LogP contribution in [0.15, 0.2) is 18.2 Å². The van der Waals surface area contributed by atoms with Gasteiger partial charge in [-0.05, 0) is 38.5 Å². The lowest BCUT2D eigenvalue weighted by molar-refractivity contribution is -0.137. The summed E-state index contributed by atoms with van der Waals surface area (Å²) >= 11 is 0. The second kappa shape index (κ2) is 6.10. The van der Waals surface area contributed by atoms with Gasteiger partial charge in [0, 0.05) is 18.6 Å². The van der Waals surface area contributed by atoms with Crippen LogP contribution in [0.2, 0.25) is 0 Å². The van der Waals surface area contributed by atoms with Crippen molar-refractivity contribution in [3.05, 3.63) is 35.4 Å². The Morgan fingerprint density at radius 2 is 1.89 bits per heavy atom. The van der Waals surface area contributed by atoms with E-state index in [1.807, 2.05) is 25.7 Å². The standard InChI is InChI=1S/C14H19F2NO2/c1-14(2,3)17(7-6-13(18)19)9-10-4-5-11(15)12(16)8-10/h4-5,8H,6-7,9H2,1-3H3,(H,18,19). The van der Waals surface area contributed by atoms with E-state index < -0.39 is 17.6 Å². The summed E-state index contributed by atoms with van der Waals surface area (Å²) in [7, 11) is 0. The van der Waals surface area contributed by atoms with E-state index >= 15 is 0 Å². The zero-order chi connectivity index (χ0) is 14.6. The van der Waals surface area contributed by atoms with Gasteiger partial charge >= 0.3 is 5.97 Å². The maximum absolute atomic E-state index is 13.2. The quantitative estimate of drug-likeness (QED) is 0.894. The van der Waals surface area contributed by atoms with Crippen molar-refractivity contribution >= 4 is 5.97 Å². The normalized spacial score (nSPS) is 11.9. The average Bonchev–Trinajstić information content (AvgIpc) is 2.27. The Labute approximate surface area is 111 Å². The van der Waals surface area contributed by atoms with Gasteiger partial charge in [-0.3, -0.25) is 9.69 Å². The Morgan fingerprint density at radius 1 is 1.26 bits per heavy atom. The SMILES string of the molecule is CC(C)(C)N(CCC(=O)O)Cc1ccc(F)c(F)c1. The molecule has 5 heteroatoms. The average molecular weight is 271 g/mol. The van der Waals surface area contributed by atoms with Crippen molar-refractivity contribution in [2.24, 2.45) is 0 Å². The highest BCUT2D eigenvalue weighted by molar-refractivity contribution is 5.66. The molecule has 1 aromatic rings. The van der Waals surface area contributed by atoms with Gasteiger partial charge in [-0.1, -0.05) is 6.07 Å². The molecule has 0 aromatic heterocycles. The first kappa shape index (κ1) is 15.6. The lowest BCUT2D eigenvalue weighted by Gasteiger charge is -2.35. The molecule has 0 radical (unpaired) electrons. The van der Waals surface area contributed by atoms with Gasteiger partial charge in [0.2, 0.25) is 0 Å². The molecule has 0 unspecified atom stereocenters. The number of halogens is 2. The van der Waals surface area contributed by atoms with Crippen molar-refractivity contribution < 1.29 is 18.7 Å². The number of hydrogen-bond donors (Lipinski definition) is 1. The fourth-order valence-corrected chi connectivity index (χ4v) is 1.74. The van der Waals surface area contributed by atoms with E-state index in [-0.39, 0.29) is 12.0 Å². The molecule has 0 amide bonds. The molecule has 0 atom stereocenters.